The zero-order valence-corrected chi connectivity index (χ0v) is 13.6. The van der Waals surface area contributed by atoms with E-state index in [1.54, 1.807) is 11.9 Å². The van der Waals surface area contributed by atoms with Gasteiger partial charge in [0.25, 0.3) is 0 Å². The highest BCUT2D eigenvalue weighted by atomic mass is 16.6. The molecule has 6 nitrogen and oxygen atoms in total. The van der Waals surface area contributed by atoms with Crippen LogP contribution in [0.15, 0.2) is 12.1 Å². The first-order chi connectivity index (χ1) is 10.5. The lowest BCUT2D eigenvalue weighted by Crippen LogP contribution is -2.60. The number of hydrogen-bond donors (Lipinski definition) is 1. The van der Waals surface area contributed by atoms with Crippen molar-refractivity contribution in [3.8, 4) is 0 Å². The number of aromatic nitrogens is 1. The van der Waals surface area contributed by atoms with Gasteiger partial charge in [0, 0.05) is 20.1 Å². The average molecular weight is 307 g/mol. The van der Waals surface area contributed by atoms with Gasteiger partial charge in [-0.25, -0.2) is 9.78 Å². The van der Waals surface area contributed by atoms with E-state index in [9.17, 15) is 9.90 Å². The Morgan fingerprint density at radius 2 is 2.23 bits per heavy atom. The van der Waals surface area contributed by atoms with Crippen molar-refractivity contribution in [3.05, 3.63) is 23.4 Å². The summed E-state index contributed by atoms with van der Waals surface area (Å²) in [5.41, 5.74) is 1.75. The molecule has 1 amide bonds. The molecule has 2 rings (SSSR count). The fraction of sp³-hybridized carbons (Fsp3) is 0.625. The summed E-state index contributed by atoms with van der Waals surface area (Å²) in [4.78, 5) is 20.1. The number of aliphatic hydroxyl groups excluding tert-OH is 1. The topological polar surface area (TPSA) is 65.9 Å². The van der Waals surface area contributed by atoms with Crippen molar-refractivity contribution < 1.29 is 14.6 Å². The molecule has 0 radical (unpaired) electrons. The van der Waals surface area contributed by atoms with Crippen molar-refractivity contribution in [3.63, 3.8) is 0 Å². The predicted octanol–water partition coefficient (Wildman–Crippen LogP) is 1.94. The molecule has 6 heteroatoms. The van der Waals surface area contributed by atoms with Crippen LogP contribution in [0.5, 0.6) is 0 Å². The third kappa shape index (κ3) is 3.88. The molecule has 0 atom stereocenters. The van der Waals surface area contributed by atoms with Gasteiger partial charge in [0.1, 0.15) is 5.82 Å². The minimum atomic E-state index is -0.258. The summed E-state index contributed by atoms with van der Waals surface area (Å²) in [6.45, 7) is 5.95. The molecule has 1 aliphatic heterocycles. The summed E-state index contributed by atoms with van der Waals surface area (Å²) >= 11 is 0. The van der Waals surface area contributed by atoms with Crippen LogP contribution >= 0.6 is 0 Å². The van der Waals surface area contributed by atoms with Crippen molar-refractivity contribution in [2.45, 2.75) is 39.3 Å². The zero-order chi connectivity index (χ0) is 16.1. The van der Waals surface area contributed by atoms with E-state index in [0.29, 0.717) is 12.3 Å². The number of rotatable bonds is 6. The van der Waals surface area contributed by atoms with Gasteiger partial charge >= 0.3 is 6.09 Å². The number of aryl methyl sites for hydroxylation is 1. The molecule has 1 saturated heterocycles. The van der Waals surface area contributed by atoms with Crippen LogP contribution in [0.1, 0.15) is 31.0 Å². The molecule has 1 fully saturated rings. The lowest BCUT2D eigenvalue weighted by atomic mass is 10.1. The standard InChI is InChI=1S/C16H25N3O3/c1-4-5-6-22-16(21)18(3)14-9-19(10-14)15-8-12(2)7-13(11-20)17-15/h7-8,14,20H,4-6,9-11H2,1-3H3. The van der Waals surface area contributed by atoms with Crippen LogP contribution in [-0.2, 0) is 11.3 Å². The molecule has 0 spiro atoms. The normalized spacial score (nSPS) is 14.6. The number of carbonyl (C=O) groups excluding carboxylic acids is 1. The van der Waals surface area contributed by atoms with Crippen LogP contribution < -0.4 is 4.90 Å². The Balaban J connectivity index is 1.86. The molecular formula is C16H25N3O3. The Labute approximate surface area is 131 Å². The number of amides is 1. The molecule has 22 heavy (non-hydrogen) atoms. The van der Waals surface area contributed by atoms with Crippen LogP contribution in [0.2, 0.25) is 0 Å². The molecule has 1 aromatic heterocycles. The number of hydrogen-bond acceptors (Lipinski definition) is 5. The second kappa shape index (κ2) is 7.45. The SMILES string of the molecule is CCCCOC(=O)N(C)C1CN(c2cc(C)cc(CO)n2)C1. The van der Waals surface area contributed by atoms with Crippen molar-refractivity contribution in [2.24, 2.45) is 0 Å². The van der Waals surface area contributed by atoms with Crippen molar-refractivity contribution in [1.82, 2.24) is 9.88 Å². The Morgan fingerprint density at radius 1 is 1.50 bits per heavy atom. The number of nitrogens with zero attached hydrogens (tertiary/aromatic N) is 3. The molecule has 0 bridgehead atoms. The second-order valence-corrected chi connectivity index (χ2v) is 5.79. The summed E-state index contributed by atoms with van der Waals surface area (Å²) in [6.07, 6.45) is 1.65. The highest BCUT2D eigenvalue weighted by Gasteiger charge is 2.34. The molecule has 0 saturated carbocycles. The number of aliphatic hydroxyl groups is 1. The van der Waals surface area contributed by atoms with E-state index in [-0.39, 0.29) is 18.7 Å². The number of likely N-dealkylation sites (N-methyl/N-ethyl adjacent to an activating group) is 1. The van der Waals surface area contributed by atoms with Gasteiger partial charge in [-0.05, 0) is 31.0 Å². The largest absolute Gasteiger partial charge is 0.449 e. The molecule has 1 N–H and O–H groups in total. The van der Waals surface area contributed by atoms with Gasteiger partial charge in [0.2, 0.25) is 0 Å². The van der Waals surface area contributed by atoms with Crippen molar-refractivity contribution in [1.29, 1.82) is 0 Å². The van der Waals surface area contributed by atoms with Gasteiger partial charge in [0.05, 0.1) is 24.9 Å². The minimum absolute atomic E-state index is 0.0599. The smallest absolute Gasteiger partial charge is 0.409 e. The monoisotopic (exact) mass is 307 g/mol. The second-order valence-electron chi connectivity index (χ2n) is 5.79. The van der Waals surface area contributed by atoms with E-state index in [1.165, 1.54) is 0 Å². The van der Waals surface area contributed by atoms with Crippen LogP contribution in [0, 0.1) is 6.92 Å². The Morgan fingerprint density at radius 3 is 2.86 bits per heavy atom. The molecule has 122 valence electrons. The lowest BCUT2D eigenvalue weighted by Gasteiger charge is -2.44. The molecular weight excluding hydrogens is 282 g/mol. The van der Waals surface area contributed by atoms with Crippen LogP contribution in [0.4, 0.5) is 10.6 Å². The fourth-order valence-corrected chi connectivity index (χ4v) is 2.40. The van der Waals surface area contributed by atoms with Crippen molar-refractivity contribution in [2.75, 3.05) is 31.6 Å². The molecule has 0 unspecified atom stereocenters. The summed E-state index contributed by atoms with van der Waals surface area (Å²) in [6, 6.07) is 4.02. The highest BCUT2D eigenvalue weighted by molar-refractivity contribution is 5.68. The maximum absolute atomic E-state index is 11.9. The first kappa shape index (κ1) is 16.5. The Bertz CT molecular complexity index is 515. The van der Waals surface area contributed by atoms with E-state index in [0.717, 1.165) is 37.3 Å². The third-order valence-corrected chi connectivity index (χ3v) is 3.92. The van der Waals surface area contributed by atoms with Crippen LogP contribution in [-0.4, -0.2) is 53.9 Å². The van der Waals surface area contributed by atoms with Crippen LogP contribution in [0.3, 0.4) is 0 Å². The van der Waals surface area contributed by atoms with Gasteiger partial charge in [0.15, 0.2) is 0 Å². The molecule has 1 aromatic rings. The number of anilines is 1. The lowest BCUT2D eigenvalue weighted by molar-refractivity contribution is 0.0899. The third-order valence-electron chi connectivity index (χ3n) is 3.92. The predicted molar refractivity (Wildman–Crippen MR) is 84.9 cm³/mol. The van der Waals surface area contributed by atoms with Crippen molar-refractivity contribution >= 4 is 11.9 Å². The quantitative estimate of drug-likeness (QED) is 0.814. The molecule has 0 aromatic carbocycles. The van der Waals surface area contributed by atoms with E-state index < -0.39 is 0 Å². The minimum Gasteiger partial charge on any atom is -0.449 e. The maximum Gasteiger partial charge on any atom is 0.409 e. The Kier molecular flexibility index (Phi) is 5.60. The number of pyridine rings is 1. The van der Waals surface area contributed by atoms with Crippen LogP contribution in [0.25, 0.3) is 0 Å². The summed E-state index contributed by atoms with van der Waals surface area (Å²) in [5, 5.41) is 9.22. The maximum atomic E-state index is 11.9. The van der Waals surface area contributed by atoms with Gasteiger partial charge in [-0.3, -0.25) is 0 Å². The number of unbranched alkanes of at least 4 members (excludes halogenated alkanes) is 1. The average Bonchev–Trinajstić information content (AvgIpc) is 2.45. The van der Waals surface area contributed by atoms with Gasteiger partial charge in [-0.1, -0.05) is 13.3 Å². The van der Waals surface area contributed by atoms with E-state index in [2.05, 4.69) is 16.8 Å². The van der Waals surface area contributed by atoms with Gasteiger partial charge in [-0.15, -0.1) is 0 Å². The molecule has 0 aliphatic carbocycles. The summed E-state index contributed by atoms with van der Waals surface area (Å²) in [7, 11) is 1.78. The number of ether oxygens (including phenoxy) is 1. The van der Waals surface area contributed by atoms with Gasteiger partial charge in [-0.2, -0.15) is 0 Å². The number of carbonyl (C=O) groups is 1. The first-order valence-corrected chi connectivity index (χ1v) is 7.78. The van der Waals surface area contributed by atoms with E-state index >= 15 is 0 Å². The molecule has 2 heterocycles. The van der Waals surface area contributed by atoms with E-state index in [1.807, 2.05) is 19.1 Å². The molecule has 1 aliphatic rings. The zero-order valence-electron chi connectivity index (χ0n) is 13.6. The summed E-state index contributed by atoms with van der Waals surface area (Å²) in [5.74, 6) is 0.855. The highest BCUT2D eigenvalue weighted by Crippen LogP contribution is 2.23. The summed E-state index contributed by atoms with van der Waals surface area (Å²) < 4.78 is 5.22. The van der Waals surface area contributed by atoms with Gasteiger partial charge < -0.3 is 19.6 Å². The first-order valence-electron chi connectivity index (χ1n) is 7.78. The van der Waals surface area contributed by atoms with E-state index in [4.69, 9.17) is 4.74 Å². The Hall–Kier alpha value is -1.82. The fourth-order valence-electron chi connectivity index (χ4n) is 2.40.